The number of carbonyl (C=O) groups excluding carboxylic acids is 1. The van der Waals surface area contributed by atoms with Crippen LogP contribution < -0.4 is 5.43 Å². The van der Waals surface area contributed by atoms with Crippen molar-refractivity contribution in [3.05, 3.63) is 59.7 Å². The molecular formula is C18H22N2O. The third-order valence-electron chi connectivity index (χ3n) is 3.82. The van der Waals surface area contributed by atoms with E-state index in [9.17, 15) is 4.79 Å². The van der Waals surface area contributed by atoms with Gasteiger partial charge in [-0.25, -0.2) is 5.43 Å². The highest BCUT2D eigenvalue weighted by molar-refractivity contribution is 6.01. The monoisotopic (exact) mass is 282 g/mol. The summed E-state index contributed by atoms with van der Waals surface area (Å²) in [5.41, 5.74) is 6.93. The van der Waals surface area contributed by atoms with E-state index in [1.807, 2.05) is 44.2 Å². The molecule has 1 atom stereocenters. The van der Waals surface area contributed by atoms with Crippen molar-refractivity contribution in [2.45, 2.75) is 33.1 Å². The Morgan fingerprint density at radius 2 is 2.10 bits per heavy atom. The van der Waals surface area contributed by atoms with Gasteiger partial charge in [-0.1, -0.05) is 48.6 Å². The van der Waals surface area contributed by atoms with Gasteiger partial charge in [-0.2, -0.15) is 5.10 Å². The lowest BCUT2D eigenvalue weighted by atomic mass is 9.85. The predicted molar refractivity (Wildman–Crippen MR) is 87.0 cm³/mol. The molecule has 2 rings (SSSR count). The van der Waals surface area contributed by atoms with Crippen molar-refractivity contribution in [3.63, 3.8) is 0 Å². The Hall–Kier alpha value is -2.16. The number of nitrogens with one attached hydrogen (secondary N) is 1. The Morgan fingerprint density at radius 1 is 1.38 bits per heavy atom. The Labute approximate surface area is 126 Å². The lowest BCUT2D eigenvalue weighted by molar-refractivity contribution is -0.120. The van der Waals surface area contributed by atoms with Crippen molar-refractivity contribution < 1.29 is 4.79 Å². The van der Waals surface area contributed by atoms with Crippen LogP contribution in [0.2, 0.25) is 0 Å². The van der Waals surface area contributed by atoms with Gasteiger partial charge >= 0.3 is 0 Å². The number of benzene rings is 1. The molecule has 1 amide bonds. The van der Waals surface area contributed by atoms with Gasteiger partial charge in [-0.15, -0.1) is 0 Å². The van der Waals surface area contributed by atoms with Gasteiger partial charge in [0.15, 0.2) is 0 Å². The van der Waals surface area contributed by atoms with Gasteiger partial charge in [-0.05, 0) is 43.7 Å². The van der Waals surface area contributed by atoms with Gasteiger partial charge in [-0.3, -0.25) is 4.79 Å². The molecule has 0 spiro atoms. The molecule has 0 radical (unpaired) electrons. The minimum atomic E-state index is -0.0843. The number of hydrazone groups is 1. The Kier molecular flexibility index (Phi) is 5.09. The molecule has 1 aliphatic rings. The minimum Gasteiger partial charge on any atom is -0.273 e. The van der Waals surface area contributed by atoms with Gasteiger partial charge < -0.3 is 0 Å². The molecule has 21 heavy (non-hydrogen) atoms. The first-order valence-electron chi connectivity index (χ1n) is 7.28. The average Bonchev–Trinajstić information content (AvgIpc) is 2.47. The maximum absolute atomic E-state index is 11.9. The molecule has 0 fully saturated rings. The van der Waals surface area contributed by atoms with E-state index in [-0.39, 0.29) is 5.91 Å². The van der Waals surface area contributed by atoms with E-state index in [2.05, 4.69) is 23.2 Å². The van der Waals surface area contributed by atoms with Gasteiger partial charge in [0.1, 0.15) is 0 Å². The maximum atomic E-state index is 11.9. The second-order valence-electron chi connectivity index (χ2n) is 5.63. The molecule has 0 bridgehead atoms. The van der Waals surface area contributed by atoms with E-state index >= 15 is 0 Å². The SMILES string of the molecule is C=C(C)[C@H]1CC=C(C)C(=NNC(=O)Cc2ccccc2)C1. The maximum Gasteiger partial charge on any atom is 0.244 e. The van der Waals surface area contributed by atoms with Crippen LogP contribution in [0.3, 0.4) is 0 Å². The molecule has 0 unspecified atom stereocenters. The summed E-state index contributed by atoms with van der Waals surface area (Å²) >= 11 is 0. The van der Waals surface area contributed by atoms with E-state index in [1.54, 1.807) is 0 Å². The lowest BCUT2D eigenvalue weighted by Crippen LogP contribution is -2.24. The highest BCUT2D eigenvalue weighted by Gasteiger charge is 2.18. The van der Waals surface area contributed by atoms with Gasteiger partial charge in [0.2, 0.25) is 5.91 Å². The lowest BCUT2D eigenvalue weighted by Gasteiger charge is -2.22. The van der Waals surface area contributed by atoms with Crippen LogP contribution in [0.5, 0.6) is 0 Å². The zero-order valence-electron chi connectivity index (χ0n) is 12.7. The predicted octanol–water partition coefficient (Wildman–Crippen LogP) is 3.63. The first kappa shape index (κ1) is 15.2. The van der Waals surface area contributed by atoms with Crippen LogP contribution in [-0.4, -0.2) is 11.6 Å². The topological polar surface area (TPSA) is 41.5 Å². The van der Waals surface area contributed by atoms with Crippen molar-refractivity contribution in [1.29, 1.82) is 0 Å². The first-order chi connectivity index (χ1) is 10.1. The fourth-order valence-corrected chi connectivity index (χ4v) is 2.37. The van der Waals surface area contributed by atoms with Crippen LogP contribution in [0, 0.1) is 5.92 Å². The molecule has 0 aliphatic heterocycles. The smallest absolute Gasteiger partial charge is 0.244 e. The molecule has 0 heterocycles. The van der Waals surface area contributed by atoms with E-state index < -0.39 is 0 Å². The van der Waals surface area contributed by atoms with Crippen LogP contribution >= 0.6 is 0 Å². The molecule has 1 aliphatic carbocycles. The highest BCUT2D eigenvalue weighted by atomic mass is 16.2. The molecular weight excluding hydrogens is 260 g/mol. The van der Waals surface area contributed by atoms with Crippen LogP contribution in [0.25, 0.3) is 0 Å². The summed E-state index contributed by atoms with van der Waals surface area (Å²) in [5, 5.41) is 4.30. The van der Waals surface area contributed by atoms with E-state index in [4.69, 9.17) is 0 Å². The summed E-state index contributed by atoms with van der Waals surface area (Å²) in [6.07, 6.45) is 4.39. The van der Waals surface area contributed by atoms with Crippen LogP contribution in [-0.2, 0) is 11.2 Å². The second-order valence-corrected chi connectivity index (χ2v) is 5.63. The summed E-state index contributed by atoms with van der Waals surface area (Å²) in [4.78, 5) is 11.9. The van der Waals surface area contributed by atoms with Crippen molar-refractivity contribution in [2.24, 2.45) is 11.0 Å². The normalized spacial score (nSPS) is 20.0. The highest BCUT2D eigenvalue weighted by Crippen LogP contribution is 2.26. The van der Waals surface area contributed by atoms with Crippen molar-refractivity contribution in [3.8, 4) is 0 Å². The van der Waals surface area contributed by atoms with Crippen molar-refractivity contribution in [1.82, 2.24) is 5.43 Å². The Bertz CT molecular complexity index is 584. The van der Waals surface area contributed by atoms with Gasteiger partial charge in [0.25, 0.3) is 0 Å². The first-order valence-corrected chi connectivity index (χ1v) is 7.28. The fourth-order valence-electron chi connectivity index (χ4n) is 2.37. The number of rotatable bonds is 4. The third kappa shape index (κ3) is 4.42. The largest absolute Gasteiger partial charge is 0.273 e. The average molecular weight is 282 g/mol. The van der Waals surface area contributed by atoms with E-state index in [1.165, 1.54) is 5.57 Å². The van der Waals surface area contributed by atoms with E-state index in [0.29, 0.717) is 12.3 Å². The summed E-state index contributed by atoms with van der Waals surface area (Å²) in [7, 11) is 0. The second kappa shape index (κ2) is 7.02. The molecule has 110 valence electrons. The standard InChI is InChI=1S/C18H22N2O/c1-13(2)16-10-9-14(3)17(12-16)19-20-18(21)11-15-7-5-4-6-8-15/h4-9,16H,1,10-12H2,2-3H3,(H,20,21)/t16-/m0/s1. The Balaban J connectivity index is 1.96. The zero-order chi connectivity index (χ0) is 15.2. The number of amides is 1. The van der Waals surface area contributed by atoms with Crippen LogP contribution in [0.1, 0.15) is 32.3 Å². The fraction of sp³-hybridized carbons (Fsp3) is 0.333. The number of hydrogen-bond acceptors (Lipinski definition) is 2. The molecule has 0 saturated heterocycles. The number of allylic oxidation sites excluding steroid dienone is 3. The van der Waals surface area contributed by atoms with Crippen LogP contribution in [0.15, 0.2) is 59.2 Å². The number of nitrogens with zero attached hydrogens (tertiary/aromatic N) is 1. The summed E-state index contributed by atoms with van der Waals surface area (Å²) in [5.74, 6) is 0.345. The van der Waals surface area contributed by atoms with Gasteiger partial charge in [0.05, 0.1) is 12.1 Å². The number of carbonyl (C=O) groups is 1. The van der Waals surface area contributed by atoms with E-state index in [0.717, 1.165) is 29.7 Å². The summed E-state index contributed by atoms with van der Waals surface area (Å²) in [6, 6.07) is 9.68. The molecule has 0 aromatic heterocycles. The number of hydrogen-bond donors (Lipinski definition) is 1. The molecule has 1 aromatic rings. The molecule has 1 aromatic carbocycles. The Morgan fingerprint density at radius 3 is 2.76 bits per heavy atom. The summed E-state index contributed by atoms with van der Waals surface area (Å²) < 4.78 is 0. The molecule has 1 N–H and O–H groups in total. The molecule has 3 nitrogen and oxygen atoms in total. The van der Waals surface area contributed by atoms with Gasteiger partial charge in [0, 0.05) is 0 Å². The quantitative estimate of drug-likeness (QED) is 0.665. The van der Waals surface area contributed by atoms with Crippen LogP contribution in [0.4, 0.5) is 0 Å². The zero-order valence-corrected chi connectivity index (χ0v) is 12.7. The molecule has 0 saturated carbocycles. The summed E-state index contributed by atoms with van der Waals surface area (Å²) in [6.45, 7) is 8.10. The molecule has 3 heteroatoms. The third-order valence-corrected chi connectivity index (χ3v) is 3.82. The minimum absolute atomic E-state index is 0.0843. The van der Waals surface area contributed by atoms with Crippen molar-refractivity contribution in [2.75, 3.05) is 0 Å². The van der Waals surface area contributed by atoms with Crippen molar-refractivity contribution >= 4 is 11.6 Å².